The van der Waals surface area contributed by atoms with Crippen LogP contribution in [0.2, 0.25) is 0 Å². The van der Waals surface area contributed by atoms with Gasteiger partial charge in [-0.2, -0.15) is 0 Å². The number of piperidine rings is 1. The molecule has 2 unspecified atom stereocenters. The average Bonchev–Trinajstić information content (AvgIpc) is 2.45. The van der Waals surface area contributed by atoms with Crippen molar-refractivity contribution in [2.24, 2.45) is 0 Å². The Morgan fingerprint density at radius 3 is 2.70 bits per heavy atom. The minimum atomic E-state index is -0.438. The molecular weight excluding hydrogens is 288 g/mol. The molecule has 1 fully saturated rings. The van der Waals surface area contributed by atoms with E-state index < -0.39 is 5.60 Å². The fourth-order valence-corrected chi connectivity index (χ4v) is 3.61. The predicted octanol–water partition coefficient (Wildman–Crippen LogP) is 4.11. The van der Waals surface area contributed by atoms with Gasteiger partial charge >= 0.3 is 6.09 Å². The molecule has 3 rings (SSSR count). The summed E-state index contributed by atoms with van der Waals surface area (Å²) in [5.74, 6) is 0. The Bertz CT molecular complexity index is 589. The summed E-state index contributed by atoms with van der Waals surface area (Å²) in [7, 11) is 0. The van der Waals surface area contributed by atoms with Gasteiger partial charge in [-0.1, -0.05) is 11.6 Å². The summed E-state index contributed by atoms with van der Waals surface area (Å²) in [4.78, 5) is 18.6. The zero-order valence-corrected chi connectivity index (χ0v) is 14.3. The van der Waals surface area contributed by atoms with E-state index in [1.54, 1.807) is 0 Å². The van der Waals surface area contributed by atoms with E-state index in [-0.39, 0.29) is 18.2 Å². The number of hydrogen-bond donors (Lipinski definition) is 0. The van der Waals surface area contributed by atoms with Gasteiger partial charge in [0.2, 0.25) is 0 Å². The van der Waals surface area contributed by atoms with Crippen LogP contribution in [-0.2, 0) is 11.2 Å². The first-order valence-electron chi connectivity index (χ1n) is 8.52. The quantitative estimate of drug-likeness (QED) is 0.771. The molecule has 0 saturated carbocycles. The Morgan fingerprint density at radius 2 is 2.04 bits per heavy atom. The minimum Gasteiger partial charge on any atom is -0.444 e. The van der Waals surface area contributed by atoms with Crippen molar-refractivity contribution in [3.8, 4) is 0 Å². The van der Waals surface area contributed by atoms with Crippen LogP contribution in [0.5, 0.6) is 0 Å². The molecule has 1 aromatic heterocycles. The SMILES string of the molecule is CC(C)(C)OC(=O)N1C2C=C(Cc3ccncc3)CC1CCC2. The summed E-state index contributed by atoms with van der Waals surface area (Å²) < 4.78 is 5.62. The van der Waals surface area contributed by atoms with Gasteiger partial charge in [-0.3, -0.25) is 9.88 Å². The second-order valence-corrected chi connectivity index (χ2v) is 7.60. The smallest absolute Gasteiger partial charge is 0.411 e. The summed E-state index contributed by atoms with van der Waals surface area (Å²) >= 11 is 0. The number of carbonyl (C=O) groups excluding carboxylic acids is 1. The van der Waals surface area contributed by atoms with Gasteiger partial charge in [-0.15, -0.1) is 0 Å². The van der Waals surface area contributed by atoms with Crippen LogP contribution in [0.4, 0.5) is 4.79 Å². The maximum atomic E-state index is 12.6. The van der Waals surface area contributed by atoms with E-state index in [0.717, 1.165) is 25.7 Å². The third kappa shape index (κ3) is 3.92. The molecule has 2 aliphatic heterocycles. The summed E-state index contributed by atoms with van der Waals surface area (Å²) in [6.07, 6.45) is 11.0. The van der Waals surface area contributed by atoms with Crippen molar-refractivity contribution in [1.29, 1.82) is 0 Å². The molecule has 2 bridgehead atoms. The molecule has 0 radical (unpaired) electrons. The summed E-state index contributed by atoms with van der Waals surface area (Å²) in [6, 6.07) is 4.60. The topological polar surface area (TPSA) is 42.4 Å². The number of ether oxygens (including phenoxy) is 1. The van der Waals surface area contributed by atoms with Crippen molar-refractivity contribution in [2.45, 2.75) is 70.6 Å². The van der Waals surface area contributed by atoms with Crippen molar-refractivity contribution in [1.82, 2.24) is 9.88 Å². The lowest BCUT2D eigenvalue weighted by Crippen LogP contribution is -2.53. The molecule has 3 heterocycles. The van der Waals surface area contributed by atoms with Crippen molar-refractivity contribution < 1.29 is 9.53 Å². The highest BCUT2D eigenvalue weighted by molar-refractivity contribution is 5.70. The molecule has 1 amide bonds. The van der Waals surface area contributed by atoms with Crippen LogP contribution in [-0.4, -0.2) is 33.7 Å². The van der Waals surface area contributed by atoms with E-state index in [4.69, 9.17) is 4.74 Å². The lowest BCUT2D eigenvalue weighted by atomic mass is 9.83. The Morgan fingerprint density at radius 1 is 1.30 bits per heavy atom. The molecule has 0 aromatic carbocycles. The van der Waals surface area contributed by atoms with Crippen LogP contribution >= 0.6 is 0 Å². The standard InChI is InChI=1S/C19H26N2O2/c1-19(2,3)23-18(22)21-16-5-4-6-17(21)13-15(12-16)11-14-7-9-20-10-8-14/h7-10,12,16-17H,4-6,11,13H2,1-3H3. The number of pyridine rings is 1. The fourth-order valence-electron chi connectivity index (χ4n) is 3.61. The van der Waals surface area contributed by atoms with Crippen molar-refractivity contribution in [2.75, 3.05) is 0 Å². The number of fused-ring (bicyclic) bond motifs is 2. The van der Waals surface area contributed by atoms with Crippen LogP contribution in [0, 0.1) is 0 Å². The van der Waals surface area contributed by atoms with E-state index in [9.17, 15) is 4.79 Å². The van der Waals surface area contributed by atoms with Gasteiger partial charge in [0, 0.05) is 18.4 Å². The molecule has 1 aromatic rings. The molecule has 4 nitrogen and oxygen atoms in total. The van der Waals surface area contributed by atoms with Gasteiger partial charge in [-0.05, 0) is 70.6 Å². The molecular formula is C19H26N2O2. The van der Waals surface area contributed by atoms with Gasteiger partial charge in [-0.25, -0.2) is 4.79 Å². The molecule has 1 saturated heterocycles. The highest BCUT2D eigenvalue weighted by Crippen LogP contribution is 2.35. The fraction of sp³-hybridized carbons (Fsp3) is 0.579. The van der Waals surface area contributed by atoms with Crippen LogP contribution in [0.15, 0.2) is 36.2 Å². The Hall–Kier alpha value is -1.84. The van der Waals surface area contributed by atoms with Gasteiger partial charge in [0.1, 0.15) is 5.60 Å². The number of amides is 1. The minimum absolute atomic E-state index is 0.161. The number of nitrogens with zero attached hydrogens (tertiary/aromatic N) is 2. The van der Waals surface area contributed by atoms with E-state index >= 15 is 0 Å². The van der Waals surface area contributed by atoms with Gasteiger partial charge in [0.25, 0.3) is 0 Å². The van der Waals surface area contributed by atoms with Crippen molar-refractivity contribution in [3.63, 3.8) is 0 Å². The third-order valence-electron chi connectivity index (χ3n) is 4.50. The highest BCUT2D eigenvalue weighted by Gasteiger charge is 2.38. The number of aromatic nitrogens is 1. The monoisotopic (exact) mass is 314 g/mol. The van der Waals surface area contributed by atoms with Gasteiger partial charge in [0.05, 0.1) is 6.04 Å². The number of carbonyl (C=O) groups is 1. The molecule has 0 spiro atoms. The maximum absolute atomic E-state index is 12.6. The average molecular weight is 314 g/mol. The van der Waals surface area contributed by atoms with E-state index in [1.807, 2.05) is 38.1 Å². The van der Waals surface area contributed by atoms with Crippen molar-refractivity contribution >= 4 is 6.09 Å². The normalized spacial score (nSPS) is 24.1. The van der Waals surface area contributed by atoms with E-state index in [2.05, 4.69) is 23.2 Å². The second kappa shape index (κ2) is 6.34. The summed E-state index contributed by atoms with van der Waals surface area (Å²) in [6.45, 7) is 5.78. The molecule has 4 heteroatoms. The lowest BCUT2D eigenvalue weighted by Gasteiger charge is -2.45. The van der Waals surface area contributed by atoms with Crippen LogP contribution in [0.25, 0.3) is 0 Å². The number of rotatable bonds is 2. The number of hydrogen-bond acceptors (Lipinski definition) is 3. The first-order valence-corrected chi connectivity index (χ1v) is 8.52. The molecule has 2 aliphatic rings. The summed E-state index contributed by atoms with van der Waals surface area (Å²) in [5, 5.41) is 0. The predicted molar refractivity (Wildman–Crippen MR) is 90.1 cm³/mol. The molecule has 0 N–H and O–H groups in total. The zero-order valence-electron chi connectivity index (χ0n) is 14.3. The largest absolute Gasteiger partial charge is 0.444 e. The van der Waals surface area contributed by atoms with Crippen molar-refractivity contribution in [3.05, 3.63) is 41.7 Å². The first-order chi connectivity index (χ1) is 10.9. The molecule has 23 heavy (non-hydrogen) atoms. The van der Waals surface area contributed by atoms with Gasteiger partial charge < -0.3 is 4.74 Å². The third-order valence-corrected chi connectivity index (χ3v) is 4.50. The lowest BCUT2D eigenvalue weighted by molar-refractivity contribution is -0.00149. The van der Waals surface area contributed by atoms with E-state index in [1.165, 1.54) is 17.6 Å². The Balaban J connectivity index is 1.75. The second-order valence-electron chi connectivity index (χ2n) is 7.60. The maximum Gasteiger partial charge on any atom is 0.411 e. The molecule has 2 atom stereocenters. The first kappa shape index (κ1) is 16.0. The zero-order chi connectivity index (χ0) is 16.4. The van der Waals surface area contributed by atoms with Crippen LogP contribution < -0.4 is 0 Å². The molecule has 0 aliphatic carbocycles. The van der Waals surface area contributed by atoms with Gasteiger partial charge in [0.15, 0.2) is 0 Å². The highest BCUT2D eigenvalue weighted by atomic mass is 16.6. The van der Waals surface area contributed by atoms with E-state index in [0.29, 0.717) is 0 Å². The van der Waals surface area contributed by atoms with Crippen LogP contribution in [0.1, 0.15) is 52.0 Å². The Kier molecular flexibility index (Phi) is 4.42. The Labute approximate surface area is 138 Å². The summed E-state index contributed by atoms with van der Waals surface area (Å²) in [5.41, 5.74) is 2.28. The molecule has 124 valence electrons. The van der Waals surface area contributed by atoms with Crippen LogP contribution in [0.3, 0.4) is 0 Å².